The van der Waals surface area contributed by atoms with Gasteiger partial charge in [0.2, 0.25) is 0 Å². The first-order valence-corrected chi connectivity index (χ1v) is 5.41. The van der Waals surface area contributed by atoms with Crippen molar-refractivity contribution in [1.82, 2.24) is 0 Å². The van der Waals surface area contributed by atoms with Crippen molar-refractivity contribution in [3.05, 3.63) is 24.3 Å². The number of benzene rings is 1. The van der Waals surface area contributed by atoms with Crippen molar-refractivity contribution in [3.8, 4) is 5.75 Å². The highest BCUT2D eigenvalue weighted by molar-refractivity contribution is 5.94. The SMILES string of the molecule is CCOc1ccccc1N1CC(=O)OC(=O)C1. The maximum Gasteiger partial charge on any atom is 0.333 e. The average molecular weight is 235 g/mol. The van der Waals surface area contributed by atoms with E-state index in [0.717, 1.165) is 5.69 Å². The van der Waals surface area contributed by atoms with Gasteiger partial charge in [0.25, 0.3) is 0 Å². The average Bonchev–Trinajstić information content (AvgIpc) is 2.29. The summed E-state index contributed by atoms with van der Waals surface area (Å²) in [4.78, 5) is 24.1. The number of nitrogens with zero attached hydrogens (tertiary/aromatic N) is 1. The second-order valence-electron chi connectivity index (χ2n) is 3.60. The zero-order valence-electron chi connectivity index (χ0n) is 9.51. The molecule has 0 atom stereocenters. The van der Waals surface area contributed by atoms with E-state index in [1.807, 2.05) is 31.2 Å². The molecule has 0 radical (unpaired) electrons. The maximum atomic E-state index is 11.2. The molecule has 5 heteroatoms. The highest BCUT2D eigenvalue weighted by Crippen LogP contribution is 2.28. The number of para-hydroxylation sites is 2. The van der Waals surface area contributed by atoms with Crippen molar-refractivity contribution in [2.75, 3.05) is 24.6 Å². The Balaban J connectivity index is 2.26. The molecule has 2 rings (SSSR count). The van der Waals surface area contributed by atoms with E-state index in [9.17, 15) is 9.59 Å². The summed E-state index contributed by atoms with van der Waals surface area (Å²) in [5, 5.41) is 0. The fraction of sp³-hybridized carbons (Fsp3) is 0.333. The first-order valence-electron chi connectivity index (χ1n) is 5.41. The monoisotopic (exact) mass is 235 g/mol. The Kier molecular flexibility index (Phi) is 3.27. The maximum absolute atomic E-state index is 11.2. The predicted molar refractivity (Wildman–Crippen MR) is 60.9 cm³/mol. The molecule has 1 saturated heterocycles. The van der Waals surface area contributed by atoms with E-state index in [-0.39, 0.29) is 13.1 Å². The number of hydrogen-bond acceptors (Lipinski definition) is 5. The summed E-state index contributed by atoms with van der Waals surface area (Å²) in [6, 6.07) is 7.31. The second-order valence-corrected chi connectivity index (χ2v) is 3.60. The van der Waals surface area contributed by atoms with Gasteiger partial charge in [-0.15, -0.1) is 0 Å². The molecule has 0 aliphatic carbocycles. The number of morpholine rings is 1. The Morgan fingerprint density at radius 2 is 1.88 bits per heavy atom. The number of cyclic esters (lactones) is 2. The highest BCUT2D eigenvalue weighted by Gasteiger charge is 2.26. The lowest BCUT2D eigenvalue weighted by molar-refractivity contribution is -0.160. The van der Waals surface area contributed by atoms with Crippen LogP contribution in [0.15, 0.2) is 24.3 Å². The van der Waals surface area contributed by atoms with Crippen molar-refractivity contribution in [2.45, 2.75) is 6.92 Å². The van der Waals surface area contributed by atoms with Crippen LogP contribution < -0.4 is 9.64 Å². The van der Waals surface area contributed by atoms with E-state index in [2.05, 4.69) is 4.74 Å². The summed E-state index contributed by atoms with van der Waals surface area (Å²) < 4.78 is 9.93. The molecule has 0 aromatic heterocycles. The number of esters is 2. The summed E-state index contributed by atoms with van der Waals surface area (Å²) in [5.74, 6) is -0.405. The molecular formula is C12H13NO4. The number of carbonyl (C=O) groups is 2. The lowest BCUT2D eigenvalue weighted by atomic mass is 10.2. The van der Waals surface area contributed by atoms with Crippen molar-refractivity contribution in [2.24, 2.45) is 0 Å². The normalized spacial score (nSPS) is 15.7. The Morgan fingerprint density at radius 3 is 2.53 bits per heavy atom. The van der Waals surface area contributed by atoms with Crippen LogP contribution in [0.1, 0.15) is 6.92 Å². The summed E-state index contributed by atoms with van der Waals surface area (Å²) in [5.41, 5.74) is 0.736. The van der Waals surface area contributed by atoms with Crippen LogP contribution in [-0.2, 0) is 14.3 Å². The van der Waals surface area contributed by atoms with E-state index in [1.165, 1.54) is 0 Å². The molecule has 0 unspecified atom stereocenters. The molecule has 0 N–H and O–H groups in total. The van der Waals surface area contributed by atoms with Gasteiger partial charge in [0.15, 0.2) is 0 Å². The molecule has 0 saturated carbocycles. The quantitative estimate of drug-likeness (QED) is 0.577. The molecule has 1 aliphatic heterocycles. The number of hydrogen-bond donors (Lipinski definition) is 0. The van der Waals surface area contributed by atoms with Gasteiger partial charge in [0.1, 0.15) is 18.8 Å². The Labute approximate surface area is 98.9 Å². The minimum absolute atomic E-state index is 0.0653. The molecule has 1 aromatic carbocycles. The molecule has 5 nitrogen and oxygen atoms in total. The smallest absolute Gasteiger partial charge is 0.333 e. The summed E-state index contributed by atoms with van der Waals surface area (Å²) in [6.07, 6.45) is 0. The predicted octanol–water partition coefficient (Wildman–Crippen LogP) is 0.975. The van der Waals surface area contributed by atoms with Gasteiger partial charge < -0.3 is 14.4 Å². The van der Waals surface area contributed by atoms with Crippen LogP contribution in [0.25, 0.3) is 0 Å². The zero-order valence-corrected chi connectivity index (χ0v) is 9.51. The molecule has 90 valence electrons. The molecule has 1 aliphatic rings. The topological polar surface area (TPSA) is 55.8 Å². The lowest BCUT2D eigenvalue weighted by Gasteiger charge is -2.27. The minimum Gasteiger partial charge on any atom is -0.492 e. The van der Waals surface area contributed by atoms with Gasteiger partial charge in [0.05, 0.1) is 12.3 Å². The van der Waals surface area contributed by atoms with Gasteiger partial charge in [-0.25, -0.2) is 9.59 Å². The van der Waals surface area contributed by atoms with Crippen LogP contribution in [0.5, 0.6) is 5.75 Å². The van der Waals surface area contributed by atoms with Crippen molar-refractivity contribution in [3.63, 3.8) is 0 Å². The molecule has 1 heterocycles. The fourth-order valence-electron chi connectivity index (χ4n) is 1.73. The van der Waals surface area contributed by atoms with E-state index in [0.29, 0.717) is 12.4 Å². The molecule has 1 aromatic rings. The largest absolute Gasteiger partial charge is 0.492 e. The van der Waals surface area contributed by atoms with E-state index in [1.54, 1.807) is 4.90 Å². The van der Waals surface area contributed by atoms with Gasteiger partial charge in [-0.1, -0.05) is 12.1 Å². The van der Waals surface area contributed by atoms with Gasteiger partial charge in [-0.3, -0.25) is 0 Å². The Morgan fingerprint density at radius 1 is 1.24 bits per heavy atom. The van der Waals surface area contributed by atoms with Crippen molar-refractivity contribution >= 4 is 17.6 Å². The van der Waals surface area contributed by atoms with Crippen molar-refractivity contribution < 1.29 is 19.1 Å². The molecule has 0 spiro atoms. The second kappa shape index (κ2) is 4.86. The van der Waals surface area contributed by atoms with Crippen LogP contribution >= 0.6 is 0 Å². The molecular weight excluding hydrogens is 222 g/mol. The Bertz CT molecular complexity index is 428. The number of carbonyl (C=O) groups excluding carboxylic acids is 2. The first kappa shape index (κ1) is 11.4. The minimum atomic E-state index is -0.535. The third-order valence-corrected chi connectivity index (χ3v) is 2.37. The molecule has 0 bridgehead atoms. The van der Waals surface area contributed by atoms with Gasteiger partial charge in [0, 0.05) is 0 Å². The molecule has 1 fully saturated rings. The Hall–Kier alpha value is -2.04. The van der Waals surface area contributed by atoms with Crippen LogP contribution in [0.2, 0.25) is 0 Å². The summed E-state index contributed by atoms with van der Waals surface area (Å²) >= 11 is 0. The van der Waals surface area contributed by atoms with Crippen LogP contribution in [0.3, 0.4) is 0 Å². The third kappa shape index (κ3) is 2.55. The number of rotatable bonds is 3. The summed E-state index contributed by atoms with van der Waals surface area (Å²) in [6.45, 7) is 2.54. The lowest BCUT2D eigenvalue weighted by Crippen LogP contribution is -2.43. The molecule has 0 amide bonds. The number of ether oxygens (including phenoxy) is 2. The van der Waals surface area contributed by atoms with Gasteiger partial charge >= 0.3 is 11.9 Å². The zero-order chi connectivity index (χ0) is 12.3. The number of anilines is 1. The fourth-order valence-corrected chi connectivity index (χ4v) is 1.73. The van der Waals surface area contributed by atoms with E-state index < -0.39 is 11.9 Å². The standard InChI is InChI=1S/C12H13NO4/c1-2-16-10-6-4-3-5-9(10)13-7-11(14)17-12(15)8-13/h3-6H,2,7-8H2,1H3. The van der Waals surface area contributed by atoms with Crippen LogP contribution in [0.4, 0.5) is 5.69 Å². The summed E-state index contributed by atoms with van der Waals surface area (Å²) in [7, 11) is 0. The van der Waals surface area contributed by atoms with Gasteiger partial charge in [-0.05, 0) is 19.1 Å². The highest BCUT2D eigenvalue weighted by atomic mass is 16.6. The van der Waals surface area contributed by atoms with Crippen LogP contribution in [-0.4, -0.2) is 31.6 Å². The third-order valence-electron chi connectivity index (χ3n) is 2.37. The van der Waals surface area contributed by atoms with E-state index in [4.69, 9.17) is 4.74 Å². The molecule has 17 heavy (non-hydrogen) atoms. The van der Waals surface area contributed by atoms with Crippen LogP contribution in [0, 0.1) is 0 Å². The van der Waals surface area contributed by atoms with Gasteiger partial charge in [-0.2, -0.15) is 0 Å². The first-order chi connectivity index (χ1) is 8.20. The van der Waals surface area contributed by atoms with Crippen molar-refractivity contribution in [1.29, 1.82) is 0 Å². The van der Waals surface area contributed by atoms with E-state index >= 15 is 0 Å².